The highest BCUT2D eigenvalue weighted by Crippen LogP contribution is 2.44. The quantitative estimate of drug-likeness (QED) is 0.786. The Labute approximate surface area is 172 Å². The Morgan fingerprint density at radius 3 is 2.68 bits per heavy atom. The zero-order chi connectivity index (χ0) is 20.1. The highest BCUT2D eigenvalue weighted by Gasteiger charge is 2.39. The number of halogens is 1. The van der Waals surface area contributed by atoms with Gasteiger partial charge in [0.2, 0.25) is 5.75 Å². The van der Waals surface area contributed by atoms with Crippen molar-refractivity contribution in [2.24, 2.45) is 0 Å². The van der Waals surface area contributed by atoms with Crippen molar-refractivity contribution in [3.8, 4) is 5.75 Å². The fourth-order valence-corrected chi connectivity index (χ4v) is 5.03. The molecule has 1 amide bonds. The number of likely N-dealkylation sites (N-methyl/N-ethyl adjacent to an activating group) is 1. The number of aromatic nitrogens is 2. The number of hydrogen-bond donors (Lipinski definition) is 1. The Balaban J connectivity index is 1.85. The summed E-state index contributed by atoms with van der Waals surface area (Å²) < 4.78 is 2.79. The van der Waals surface area contributed by atoms with Gasteiger partial charge in [-0.2, -0.15) is 4.98 Å². The van der Waals surface area contributed by atoms with Gasteiger partial charge in [-0.05, 0) is 37.5 Å². The van der Waals surface area contributed by atoms with E-state index in [-0.39, 0.29) is 23.1 Å². The summed E-state index contributed by atoms with van der Waals surface area (Å²) in [6, 6.07) is 8.28. The molecule has 7 heteroatoms. The maximum Gasteiger partial charge on any atom is 0.315 e. The van der Waals surface area contributed by atoms with Crippen LogP contribution in [-0.4, -0.2) is 38.6 Å². The molecule has 4 rings (SSSR count). The molecule has 1 fully saturated rings. The molecule has 1 aromatic carbocycles. The van der Waals surface area contributed by atoms with E-state index in [4.69, 9.17) is 0 Å². The van der Waals surface area contributed by atoms with E-state index in [1.54, 1.807) is 16.5 Å². The molecular weight excluding hydrogens is 422 g/mol. The third kappa shape index (κ3) is 3.05. The highest BCUT2D eigenvalue weighted by molar-refractivity contribution is 9.10. The van der Waals surface area contributed by atoms with Crippen LogP contribution in [0.2, 0.25) is 0 Å². The van der Waals surface area contributed by atoms with Gasteiger partial charge in [0.05, 0.1) is 0 Å². The fraction of sp³-hybridized carbons (Fsp3) is 0.476. The third-order valence-electron chi connectivity index (χ3n) is 6.36. The second-order valence-corrected chi connectivity index (χ2v) is 9.00. The average Bonchev–Trinajstić information content (AvgIpc) is 3.13. The number of rotatable bonds is 3. The van der Waals surface area contributed by atoms with E-state index in [9.17, 15) is 14.7 Å². The van der Waals surface area contributed by atoms with Crippen LogP contribution in [0.1, 0.15) is 54.5 Å². The molecule has 2 aliphatic rings. The largest absolute Gasteiger partial charge is 0.501 e. The molecule has 1 N–H and O–H groups in total. The summed E-state index contributed by atoms with van der Waals surface area (Å²) in [5, 5.41) is 10.3. The van der Waals surface area contributed by atoms with Crippen molar-refractivity contribution >= 4 is 21.8 Å². The van der Waals surface area contributed by atoms with Crippen LogP contribution in [0.25, 0.3) is 0 Å². The topological polar surface area (TPSA) is 75.4 Å². The summed E-state index contributed by atoms with van der Waals surface area (Å²) in [5.41, 5.74) is 0.456. The van der Waals surface area contributed by atoms with Crippen LogP contribution in [0, 0.1) is 0 Å². The smallest absolute Gasteiger partial charge is 0.315 e. The number of carbonyl (C=O) groups is 1. The summed E-state index contributed by atoms with van der Waals surface area (Å²) >= 11 is 3.57. The fourth-order valence-electron chi connectivity index (χ4n) is 4.63. The van der Waals surface area contributed by atoms with Gasteiger partial charge in [0.1, 0.15) is 5.82 Å². The first-order chi connectivity index (χ1) is 13.3. The van der Waals surface area contributed by atoms with Crippen LogP contribution in [0.3, 0.4) is 0 Å². The van der Waals surface area contributed by atoms with Crippen molar-refractivity contribution in [2.75, 3.05) is 7.05 Å². The van der Waals surface area contributed by atoms with Gasteiger partial charge < -0.3 is 14.6 Å². The molecule has 1 aliphatic carbocycles. The summed E-state index contributed by atoms with van der Waals surface area (Å²) in [7, 11) is 1.69. The Morgan fingerprint density at radius 2 is 2.00 bits per heavy atom. The van der Waals surface area contributed by atoms with Crippen molar-refractivity contribution in [3.63, 3.8) is 0 Å². The van der Waals surface area contributed by atoms with Crippen LogP contribution in [0.4, 0.5) is 0 Å². The van der Waals surface area contributed by atoms with Crippen molar-refractivity contribution in [1.82, 2.24) is 14.5 Å². The normalized spacial score (nSPS) is 21.0. The average molecular weight is 446 g/mol. The number of amides is 1. The van der Waals surface area contributed by atoms with Gasteiger partial charge in [-0.1, -0.05) is 40.9 Å². The monoisotopic (exact) mass is 445 g/mol. The van der Waals surface area contributed by atoms with Gasteiger partial charge in [0.25, 0.3) is 5.91 Å². The Kier molecular flexibility index (Phi) is 4.81. The van der Waals surface area contributed by atoms with Crippen LogP contribution in [-0.2, 0) is 18.4 Å². The molecule has 0 radical (unpaired) electrons. The minimum atomic E-state index is -0.722. The zero-order valence-electron chi connectivity index (χ0n) is 16.1. The van der Waals surface area contributed by atoms with E-state index < -0.39 is 11.3 Å². The number of carbonyl (C=O) groups excluding carboxylic acids is 1. The lowest BCUT2D eigenvalue weighted by atomic mass is 9.76. The molecule has 28 heavy (non-hydrogen) atoms. The van der Waals surface area contributed by atoms with Crippen molar-refractivity contribution in [3.05, 3.63) is 56.2 Å². The van der Waals surface area contributed by atoms with E-state index >= 15 is 0 Å². The standard InChI is InChI=1S/C21H24BrN3O3/c1-13-12-25-16(23-19(27)18(26)17(25)20(28)24(13)2)11-21(8-3-4-9-21)14-6-5-7-15(22)10-14/h5-7,10,13,26H,3-4,8-9,11-12H2,1-2H3/t13-/m0/s1. The Hall–Kier alpha value is -2.15. The third-order valence-corrected chi connectivity index (χ3v) is 6.86. The molecule has 2 aromatic rings. The predicted molar refractivity (Wildman–Crippen MR) is 110 cm³/mol. The van der Waals surface area contributed by atoms with E-state index in [0.717, 1.165) is 30.2 Å². The number of benzene rings is 1. The lowest BCUT2D eigenvalue weighted by Gasteiger charge is -2.36. The maximum absolute atomic E-state index is 12.8. The molecular formula is C21H24BrN3O3. The summed E-state index contributed by atoms with van der Waals surface area (Å²) in [4.78, 5) is 30.9. The first-order valence-corrected chi connectivity index (χ1v) is 10.5. The van der Waals surface area contributed by atoms with E-state index in [1.165, 1.54) is 5.56 Å². The van der Waals surface area contributed by atoms with Crippen LogP contribution < -0.4 is 5.56 Å². The van der Waals surface area contributed by atoms with Crippen LogP contribution in [0.5, 0.6) is 5.75 Å². The summed E-state index contributed by atoms with van der Waals surface area (Å²) in [5.74, 6) is -0.289. The molecule has 0 bridgehead atoms. The highest BCUT2D eigenvalue weighted by atomic mass is 79.9. The Bertz CT molecular complexity index is 995. The number of fused-ring (bicyclic) bond motifs is 1. The molecule has 1 atom stereocenters. The second-order valence-electron chi connectivity index (χ2n) is 8.08. The van der Waals surface area contributed by atoms with Crippen molar-refractivity contribution in [1.29, 1.82) is 0 Å². The van der Waals surface area contributed by atoms with E-state index in [0.29, 0.717) is 18.8 Å². The van der Waals surface area contributed by atoms with Gasteiger partial charge in [-0.15, -0.1) is 0 Å². The minimum Gasteiger partial charge on any atom is -0.501 e. The van der Waals surface area contributed by atoms with Crippen molar-refractivity contribution < 1.29 is 9.90 Å². The molecule has 6 nitrogen and oxygen atoms in total. The van der Waals surface area contributed by atoms with Crippen LogP contribution >= 0.6 is 15.9 Å². The molecule has 148 valence electrons. The first-order valence-electron chi connectivity index (χ1n) is 9.68. The van der Waals surface area contributed by atoms with Crippen molar-refractivity contribution in [2.45, 2.75) is 57.0 Å². The lowest BCUT2D eigenvalue weighted by molar-refractivity contribution is 0.0660. The molecule has 1 aromatic heterocycles. The summed E-state index contributed by atoms with van der Waals surface area (Å²) in [6.07, 6.45) is 4.85. The molecule has 1 saturated carbocycles. The minimum absolute atomic E-state index is 0.0344. The van der Waals surface area contributed by atoms with Gasteiger partial charge in [0, 0.05) is 35.9 Å². The molecule has 1 aliphatic heterocycles. The zero-order valence-corrected chi connectivity index (χ0v) is 17.7. The Morgan fingerprint density at radius 1 is 1.29 bits per heavy atom. The molecule has 2 heterocycles. The van der Waals surface area contributed by atoms with E-state index in [1.807, 2.05) is 19.1 Å². The summed E-state index contributed by atoms with van der Waals surface area (Å²) in [6.45, 7) is 2.47. The molecule has 0 saturated heterocycles. The molecule has 0 unspecified atom stereocenters. The first kappa shape index (κ1) is 19.2. The second kappa shape index (κ2) is 7.03. The number of hydrogen-bond acceptors (Lipinski definition) is 4. The van der Waals surface area contributed by atoms with Gasteiger partial charge >= 0.3 is 5.56 Å². The molecule has 0 spiro atoms. The van der Waals surface area contributed by atoms with Gasteiger partial charge in [-0.25, -0.2) is 0 Å². The van der Waals surface area contributed by atoms with E-state index in [2.05, 4.69) is 33.0 Å². The van der Waals surface area contributed by atoms with Gasteiger partial charge in [-0.3, -0.25) is 9.59 Å². The predicted octanol–water partition coefficient (Wildman–Crippen LogP) is 3.24. The number of nitrogens with zero attached hydrogens (tertiary/aromatic N) is 3. The number of aromatic hydroxyl groups is 1. The lowest BCUT2D eigenvalue weighted by Crippen LogP contribution is -2.47. The maximum atomic E-state index is 12.8. The SMILES string of the molecule is C[C@H]1Cn2c(CC3(c4cccc(Br)c4)CCCC3)nc(=O)c(O)c2C(=O)N1C. The van der Waals surface area contributed by atoms with Crippen LogP contribution in [0.15, 0.2) is 33.5 Å². The van der Waals surface area contributed by atoms with Gasteiger partial charge in [0.15, 0.2) is 5.69 Å².